The smallest absolute Gasteiger partial charge is 0.325 e. The lowest BCUT2D eigenvalue weighted by Gasteiger charge is -2.06. The average molecular weight is 310 g/mol. The Bertz CT molecular complexity index is 754. The molecule has 9 heteroatoms. The van der Waals surface area contributed by atoms with Crippen molar-refractivity contribution >= 4 is 16.0 Å². The molecule has 0 aromatic carbocycles. The third kappa shape index (κ3) is 3.86. The summed E-state index contributed by atoms with van der Waals surface area (Å²) in [5, 5.41) is 12.3. The second-order valence-corrected chi connectivity index (χ2v) is 6.13. The fourth-order valence-electron chi connectivity index (χ4n) is 1.66. The molecule has 0 atom stereocenters. The largest absolute Gasteiger partial charge is 0.480 e. The normalized spacial score (nSPS) is 11.5. The second-order valence-electron chi connectivity index (χ2n) is 4.36. The summed E-state index contributed by atoms with van der Waals surface area (Å²) in [5.41, 5.74) is 1.50. The van der Waals surface area contributed by atoms with Gasteiger partial charge in [-0.25, -0.2) is 13.1 Å². The van der Waals surface area contributed by atoms with Crippen LogP contribution in [-0.2, 0) is 27.9 Å². The molecule has 0 amide bonds. The Morgan fingerprint density at radius 3 is 2.90 bits per heavy atom. The van der Waals surface area contributed by atoms with E-state index in [-0.39, 0.29) is 11.4 Å². The number of hydrogen-bond donors (Lipinski definition) is 2. The lowest BCUT2D eigenvalue weighted by molar-refractivity contribution is -0.137. The van der Waals surface area contributed by atoms with Crippen molar-refractivity contribution in [3.8, 4) is 0 Å². The predicted molar refractivity (Wildman–Crippen MR) is 72.9 cm³/mol. The molecule has 2 rings (SSSR count). The molecule has 0 fully saturated rings. The highest BCUT2D eigenvalue weighted by atomic mass is 32.2. The summed E-state index contributed by atoms with van der Waals surface area (Å²) in [5.74, 6) is -1.10. The Hall–Kier alpha value is -2.26. The number of carboxylic acid groups (broad SMARTS) is 1. The quantitative estimate of drug-likeness (QED) is 0.785. The number of rotatable bonds is 6. The minimum Gasteiger partial charge on any atom is -0.480 e. The molecule has 0 bridgehead atoms. The zero-order valence-corrected chi connectivity index (χ0v) is 12.0. The molecule has 2 aromatic rings. The first-order valence-corrected chi connectivity index (χ1v) is 7.51. The highest BCUT2D eigenvalue weighted by Gasteiger charge is 2.17. The number of pyridine rings is 1. The average Bonchev–Trinajstić information content (AvgIpc) is 2.86. The summed E-state index contributed by atoms with van der Waals surface area (Å²) in [6, 6.07) is 3.60. The number of sulfonamides is 1. The number of aryl methyl sites for hydroxylation is 1. The summed E-state index contributed by atoms with van der Waals surface area (Å²) in [7, 11) is -3.76. The van der Waals surface area contributed by atoms with Gasteiger partial charge in [0.1, 0.15) is 11.4 Å². The second kappa shape index (κ2) is 6.02. The van der Waals surface area contributed by atoms with Gasteiger partial charge in [0, 0.05) is 12.4 Å². The third-order valence-corrected chi connectivity index (χ3v) is 4.12. The van der Waals surface area contributed by atoms with E-state index in [1.807, 2.05) is 13.0 Å². The minimum absolute atomic E-state index is 0.0547. The van der Waals surface area contributed by atoms with E-state index >= 15 is 0 Å². The van der Waals surface area contributed by atoms with E-state index in [4.69, 9.17) is 5.11 Å². The summed E-state index contributed by atoms with van der Waals surface area (Å²) in [4.78, 5) is 14.5. The van der Waals surface area contributed by atoms with Gasteiger partial charge in [0.15, 0.2) is 0 Å². The van der Waals surface area contributed by atoms with Crippen molar-refractivity contribution in [3.05, 3.63) is 42.0 Å². The zero-order valence-electron chi connectivity index (χ0n) is 11.2. The van der Waals surface area contributed by atoms with E-state index in [2.05, 4.69) is 14.8 Å². The van der Waals surface area contributed by atoms with Crippen LogP contribution >= 0.6 is 0 Å². The zero-order chi connectivity index (χ0) is 15.5. The lowest BCUT2D eigenvalue weighted by atomic mass is 10.2. The maximum Gasteiger partial charge on any atom is 0.325 e. The summed E-state index contributed by atoms with van der Waals surface area (Å²) in [6.45, 7) is 1.50. The number of nitrogens with one attached hydrogen (secondary N) is 1. The maximum absolute atomic E-state index is 12.1. The molecule has 0 aliphatic rings. The summed E-state index contributed by atoms with van der Waals surface area (Å²) in [6.07, 6.45) is 3.86. The molecule has 2 heterocycles. The van der Waals surface area contributed by atoms with Crippen molar-refractivity contribution in [2.24, 2.45) is 0 Å². The van der Waals surface area contributed by atoms with E-state index in [0.717, 1.165) is 16.4 Å². The maximum atomic E-state index is 12.1. The van der Waals surface area contributed by atoms with Crippen molar-refractivity contribution in [2.45, 2.75) is 24.9 Å². The Balaban J connectivity index is 2.10. The highest BCUT2D eigenvalue weighted by Crippen LogP contribution is 2.09. The molecular weight excluding hydrogens is 296 g/mol. The molecule has 0 spiro atoms. The molecule has 0 saturated carbocycles. The first-order chi connectivity index (χ1) is 9.88. The number of nitrogens with zero attached hydrogens (tertiary/aromatic N) is 3. The van der Waals surface area contributed by atoms with Crippen molar-refractivity contribution in [1.82, 2.24) is 19.5 Å². The van der Waals surface area contributed by atoms with Crippen molar-refractivity contribution in [2.75, 3.05) is 0 Å². The van der Waals surface area contributed by atoms with E-state index in [9.17, 15) is 13.2 Å². The van der Waals surface area contributed by atoms with Crippen LogP contribution in [0.3, 0.4) is 0 Å². The number of carboxylic acids is 1. The summed E-state index contributed by atoms with van der Waals surface area (Å²) < 4.78 is 27.6. The van der Waals surface area contributed by atoms with Crippen LogP contribution in [0.4, 0.5) is 0 Å². The van der Waals surface area contributed by atoms with Gasteiger partial charge < -0.3 is 5.11 Å². The molecule has 0 unspecified atom stereocenters. The van der Waals surface area contributed by atoms with Gasteiger partial charge in [-0.1, -0.05) is 6.07 Å². The van der Waals surface area contributed by atoms with Gasteiger partial charge in [-0.15, -0.1) is 0 Å². The van der Waals surface area contributed by atoms with Gasteiger partial charge in [-0.05, 0) is 18.6 Å². The topological polar surface area (TPSA) is 114 Å². The molecule has 8 nitrogen and oxygen atoms in total. The van der Waals surface area contributed by atoms with Gasteiger partial charge in [0.2, 0.25) is 10.0 Å². The van der Waals surface area contributed by atoms with Crippen LogP contribution in [0.25, 0.3) is 0 Å². The van der Waals surface area contributed by atoms with Gasteiger partial charge in [-0.2, -0.15) is 5.10 Å². The van der Waals surface area contributed by atoms with Crippen molar-refractivity contribution in [1.29, 1.82) is 0 Å². The van der Waals surface area contributed by atoms with Crippen LogP contribution in [0.5, 0.6) is 0 Å². The van der Waals surface area contributed by atoms with Crippen molar-refractivity contribution in [3.63, 3.8) is 0 Å². The Kier molecular flexibility index (Phi) is 4.34. The molecule has 0 aliphatic carbocycles. The van der Waals surface area contributed by atoms with Crippen LogP contribution in [0.1, 0.15) is 11.3 Å². The van der Waals surface area contributed by atoms with Crippen LogP contribution in [0.2, 0.25) is 0 Å². The van der Waals surface area contributed by atoms with Gasteiger partial charge in [0.25, 0.3) is 0 Å². The first-order valence-electron chi connectivity index (χ1n) is 6.03. The molecule has 0 saturated heterocycles. The van der Waals surface area contributed by atoms with E-state index in [0.29, 0.717) is 5.69 Å². The predicted octanol–water partition coefficient (Wildman–Crippen LogP) is 0.150. The van der Waals surface area contributed by atoms with Crippen LogP contribution in [0.15, 0.2) is 35.6 Å². The molecule has 112 valence electrons. The van der Waals surface area contributed by atoms with Gasteiger partial charge >= 0.3 is 5.97 Å². The molecule has 0 aliphatic heterocycles. The molecule has 0 radical (unpaired) electrons. The fraction of sp³-hybridized carbons (Fsp3) is 0.250. The number of carbonyl (C=O) groups is 1. The van der Waals surface area contributed by atoms with Crippen LogP contribution in [0, 0.1) is 6.92 Å². The first kappa shape index (κ1) is 15.1. The fourth-order valence-corrected chi connectivity index (χ4v) is 2.60. The number of hydrogen-bond acceptors (Lipinski definition) is 5. The Morgan fingerprint density at radius 1 is 1.48 bits per heavy atom. The van der Waals surface area contributed by atoms with Crippen LogP contribution in [-0.4, -0.2) is 34.3 Å². The van der Waals surface area contributed by atoms with E-state index < -0.39 is 22.5 Å². The summed E-state index contributed by atoms with van der Waals surface area (Å²) >= 11 is 0. The van der Waals surface area contributed by atoms with Crippen LogP contribution < -0.4 is 4.72 Å². The SMILES string of the molecule is Cc1cccnc1CNS(=O)(=O)c1cnn(CC(=O)O)c1. The van der Waals surface area contributed by atoms with E-state index in [1.165, 1.54) is 6.20 Å². The van der Waals surface area contributed by atoms with Gasteiger partial charge in [0.05, 0.1) is 18.4 Å². The molecule has 21 heavy (non-hydrogen) atoms. The van der Waals surface area contributed by atoms with Crippen molar-refractivity contribution < 1.29 is 18.3 Å². The van der Waals surface area contributed by atoms with Gasteiger partial charge in [-0.3, -0.25) is 14.5 Å². The molecule has 2 aromatic heterocycles. The number of aliphatic carboxylic acids is 1. The number of aromatic nitrogens is 3. The Labute approximate surface area is 121 Å². The Morgan fingerprint density at radius 2 is 2.24 bits per heavy atom. The molecular formula is C12H14N4O4S. The third-order valence-electron chi connectivity index (χ3n) is 2.76. The van der Waals surface area contributed by atoms with E-state index in [1.54, 1.807) is 12.3 Å². The highest BCUT2D eigenvalue weighted by molar-refractivity contribution is 7.89. The molecule has 2 N–H and O–H groups in total. The lowest BCUT2D eigenvalue weighted by Crippen LogP contribution is -2.24. The monoisotopic (exact) mass is 310 g/mol. The minimum atomic E-state index is -3.76. The standard InChI is InChI=1S/C12H14N4O4S/c1-9-3-2-4-13-11(9)6-15-21(19,20)10-5-14-16(7-10)8-12(17)18/h2-5,7,15H,6,8H2,1H3,(H,17,18).